The first-order chi connectivity index (χ1) is 27.0. The predicted molar refractivity (Wildman–Crippen MR) is 215 cm³/mol. The summed E-state index contributed by atoms with van der Waals surface area (Å²) in [6, 6.07) is 0. The van der Waals surface area contributed by atoms with Crippen LogP contribution in [-0.4, -0.2) is 79.4 Å². The van der Waals surface area contributed by atoms with Crippen molar-refractivity contribution in [3.8, 4) is 0 Å². The van der Waals surface area contributed by atoms with Crippen LogP contribution in [0.15, 0.2) is 0 Å². The molecule has 0 aromatic heterocycles. The normalized spacial score (nSPS) is 40.9. The highest BCUT2D eigenvalue weighted by Crippen LogP contribution is 2.76. The molecule has 58 heavy (non-hydrogen) atoms. The van der Waals surface area contributed by atoms with Crippen LogP contribution in [0.3, 0.4) is 0 Å². The van der Waals surface area contributed by atoms with E-state index >= 15 is 0 Å². The van der Waals surface area contributed by atoms with Crippen molar-refractivity contribution in [2.75, 3.05) is 6.61 Å². The van der Waals surface area contributed by atoms with Crippen molar-refractivity contribution in [1.82, 2.24) is 0 Å². The third kappa shape index (κ3) is 8.99. The van der Waals surface area contributed by atoms with Gasteiger partial charge in [0.05, 0.1) is 6.10 Å². The van der Waals surface area contributed by atoms with Crippen LogP contribution in [0, 0.1) is 57.2 Å². The number of rotatable bonds is 13. The van der Waals surface area contributed by atoms with Gasteiger partial charge in [-0.25, -0.2) is 0 Å². The van der Waals surface area contributed by atoms with Gasteiger partial charge >= 0.3 is 29.8 Å². The summed E-state index contributed by atoms with van der Waals surface area (Å²) in [4.78, 5) is 62.1. The fraction of sp³-hybridized carbons (Fsp3) is 0.891. The molecule has 0 aromatic rings. The van der Waals surface area contributed by atoms with Crippen LogP contribution in [0.5, 0.6) is 0 Å². The molecule has 5 aliphatic rings. The Morgan fingerprint density at radius 2 is 1.24 bits per heavy atom. The first-order valence-electron chi connectivity index (χ1n) is 22.1. The Morgan fingerprint density at radius 3 is 1.83 bits per heavy atom. The molecule has 12 heteroatoms. The molecule has 5 fully saturated rings. The number of hydrogen-bond donors (Lipinski definition) is 0. The summed E-state index contributed by atoms with van der Waals surface area (Å²) in [5.74, 6) is -0.161. The molecule has 0 bridgehead atoms. The van der Waals surface area contributed by atoms with Crippen LogP contribution >= 0.6 is 0 Å². The monoisotopic (exact) mass is 819 g/mol. The lowest BCUT2D eigenvalue weighted by molar-refractivity contribution is -0.335. The van der Waals surface area contributed by atoms with E-state index in [0.717, 1.165) is 32.1 Å². The summed E-state index contributed by atoms with van der Waals surface area (Å²) in [6.07, 6.45) is 3.79. The van der Waals surface area contributed by atoms with Gasteiger partial charge < -0.3 is 33.2 Å². The van der Waals surface area contributed by atoms with Crippen LogP contribution in [0.1, 0.15) is 154 Å². The van der Waals surface area contributed by atoms with E-state index in [1.54, 1.807) is 6.92 Å². The SMILES string of the molecule is CC(=O)OC[C@H]1O[C@@H](O[C@H]2CC[C@]3(C)[C@H]4C[C@@H](OC(C)=O)[C@@H]5[C@@H]([C@H](C)CCCC(C)C)CC[C@@]5(C)[C@]4(C)CC[C@H]3C2(C)C)[C@H](OC(C)=O)[C@@H](OC(C)=O)[C@@H]1OC(C)=O. The van der Waals surface area contributed by atoms with Crippen LogP contribution < -0.4 is 0 Å². The van der Waals surface area contributed by atoms with Crippen molar-refractivity contribution in [1.29, 1.82) is 0 Å². The van der Waals surface area contributed by atoms with Crippen LogP contribution in [0.25, 0.3) is 0 Å². The van der Waals surface area contributed by atoms with E-state index in [0.29, 0.717) is 36.0 Å². The largest absolute Gasteiger partial charge is 0.463 e. The minimum atomic E-state index is -1.29. The molecule has 4 aliphatic carbocycles. The zero-order valence-electron chi connectivity index (χ0n) is 37.7. The maximum atomic E-state index is 12.9. The van der Waals surface area contributed by atoms with E-state index in [1.807, 2.05) is 0 Å². The molecule has 15 atom stereocenters. The molecule has 0 spiro atoms. The molecule has 0 aromatic carbocycles. The van der Waals surface area contributed by atoms with Gasteiger partial charge in [-0.1, -0.05) is 74.7 Å². The second kappa shape index (κ2) is 17.7. The quantitative estimate of drug-likeness (QED) is 0.100. The van der Waals surface area contributed by atoms with E-state index < -0.39 is 60.0 Å². The summed E-state index contributed by atoms with van der Waals surface area (Å²) in [5, 5.41) is 0. The van der Waals surface area contributed by atoms with Crippen molar-refractivity contribution < 1.29 is 57.1 Å². The van der Waals surface area contributed by atoms with Gasteiger partial charge in [0.25, 0.3) is 0 Å². The summed E-state index contributed by atoms with van der Waals surface area (Å²) in [5.41, 5.74) is -0.418. The lowest BCUT2D eigenvalue weighted by atomic mass is 9.35. The van der Waals surface area contributed by atoms with Crippen molar-refractivity contribution in [3.63, 3.8) is 0 Å². The number of fused-ring (bicyclic) bond motifs is 5. The summed E-state index contributed by atoms with van der Waals surface area (Å²) in [7, 11) is 0. The second-order valence-corrected chi connectivity index (χ2v) is 20.5. The van der Waals surface area contributed by atoms with Crippen molar-refractivity contribution >= 4 is 29.8 Å². The van der Waals surface area contributed by atoms with Crippen molar-refractivity contribution in [3.05, 3.63) is 0 Å². The molecule has 1 saturated heterocycles. The molecule has 5 rings (SSSR count). The number of carbonyl (C=O) groups excluding carboxylic acids is 5. The number of ether oxygens (including phenoxy) is 7. The second-order valence-electron chi connectivity index (χ2n) is 20.5. The van der Waals surface area contributed by atoms with Crippen LogP contribution in [0.2, 0.25) is 0 Å². The fourth-order valence-electron chi connectivity index (χ4n) is 13.5. The summed E-state index contributed by atoms with van der Waals surface area (Å²) < 4.78 is 42.1. The van der Waals surface area contributed by atoms with Gasteiger partial charge in [-0.15, -0.1) is 0 Å². The van der Waals surface area contributed by atoms with Crippen LogP contribution in [-0.2, 0) is 57.1 Å². The minimum Gasteiger partial charge on any atom is -0.463 e. The van der Waals surface area contributed by atoms with E-state index in [9.17, 15) is 24.0 Å². The molecule has 0 amide bonds. The number of hydrogen-bond acceptors (Lipinski definition) is 12. The Bertz CT molecular complexity index is 1530. The highest BCUT2D eigenvalue weighted by molar-refractivity contribution is 5.69. The van der Waals surface area contributed by atoms with Gasteiger partial charge in [-0.2, -0.15) is 0 Å². The molecule has 0 radical (unpaired) electrons. The van der Waals surface area contributed by atoms with Crippen molar-refractivity contribution in [2.24, 2.45) is 57.2 Å². The van der Waals surface area contributed by atoms with Gasteiger partial charge in [0.1, 0.15) is 18.8 Å². The molecule has 330 valence electrons. The first kappa shape index (κ1) is 46.3. The maximum absolute atomic E-state index is 12.9. The van der Waals surface area contributed by atoms with Gasteiger partial charge in [0.2, 0.25) is 0 Å². The topological polar surface area (TPSA) is 150 Å². The summed E-state index contributed by atoms with van der Waals surface area (Å²) in [6.45, 7) is 25.2. The van der Waals surface area contributed by atoms with Crippen LogP contribution in [0.4, 0.5) is 0 Å². The third-order valence-corrected chi connectivity index (χ3v) is 16.1. The van der Waals surface area contributed by atoms with Crippen molar-refractivity contribution in [2.45, 2.75) is 197 Å². The Kier molecular flexibility index (Phi) is 14.1. The van der Waals surface area contributed by atoms with Gasteiger partial charge in [0.15, 0.2) is 24.6 Å². The zero-order valence-corrected chi connectivity index (χ0v) is 37.7. The molecule has 1 heterocycles. The Morgan fingerprint density at radius 1 is 0.655 bits per heavy atom. The van der Waals surface area contributed by atoms with E-state index in [-0.39, 0.29) is 46.9 Å². The van der Waals surface area contributed by atoms with Gasteiger partial charge in [0, 0.05) is 40.5 Å². The molecule has 4 saturated carbocycles. The lowest BCUT2D eigenvalue weighted by Gasteiger charge is -2.70. The smallest absolute Gasteiger partial charge is 0.303 e. The average molecular weight is 819 g/mol. The molecular formula is C46H74O12. The molecule has 0 unspecified atom stereocenters. The average Bonchev–Trinajstić information content (AvgIpc) is 3.47. The lowest BCUT2D eigenvalue weighted by Crippen LogP contribution is -2.67. The highest BCUT2D eigenvalue weighted by Gasteiger charge is 2.71. The molecular weight excluding hydrogens is 744 g/mol. The number of esters is 5. The highest BCUT2D eigenvalue weighted by atomic mass is 16.7. The van der Waals surface area contributed by atoms with E-state index in [4.69, 9.17) is 33.2 Å². The Hall–Kier alpha value is -2.73. The van der Waals surface area contributed by atoms with Gasteiger partial charge in [-0.3, -0.25) is 24.0 Å². The Balaban J connectivity index is 1.45. The third-order valence-electron chi connectivity index (χ3n) is 16.1. The molecule has 0 N–H and O–H groups in total. The summed E-state index contributed by atoms with van der Waals surface area (Å²) >= 11 is 0. The number of carbonyl (C=O) groups is 5. The molecule has 12 nitrogen and oxygen atoms in total. The molecule has 1 aliphatic heterocycles. The predicted octanol–water partition coefficient (Wildman–Crippen LogP) is 8.14. The Labute approximate surface area is 347 Å². The van der Waals surface area contributed by atoms with Gasteiger partial charge in [-0.05, 0) is 96.2 Å². The first-order valence-corrected chi connectivity index (χ1v) is 22.1. The zero-order chi connectivity index (χ0) is 43.1. The minimum absolute atomic E-state index is 0.0207. The van der Waals surface area contributed by atoms with E-state index in [2.05, 4.69) is 55.4 Å². The maximum Gasteiger partial charge on any atom is 0.303 e. The van der Waals surface area contributed by atoms with E-state index in [1.165, 1.54) is 53.4 Å². The fourth-order valence-corrected chi connectivity index (χ4v) is 13.5. The standard InChI is InChI=1S/C46H74O12/c1-25(2)15-14-16-26(3)32-17-21-46(13)38(32)33(53-28(5)48)23-36-44(11)20-19-37(43(9,10)35(44)18-22-45(36,46)12)58-42-41(56-31(8)51)40(55-30(7)50)39(54-29(6)49)34(57-42)24-52-27(4)47/h25-26,32-42H,14-24H2,1-13H3/t26-,32-,33-,34-,35+,36-,37+,38+,39-,40+,41-,42+,44+,45-,46-/m1/s1.